The Bertz CT molecular complexity index is 298. The SMILES string of the molecule is CCCC(C)N(C)Cc1csc(CCN)n1. The van der Waals surface area contributed by atoms with Crippen molar-refractivity contribution in [2.45, 2.75) is 45.7 Å². The van der Waals surface area contributed by atoms with Gasteiger partial charge < -0.3 is 5.73 Å². The third kappa shape index (κ3) is 4.20. The third-order valence-electron chi connectivity index (χ3n) is 2.83. The Morgan fingerprint density at radius 2 is 2.31 bits per heavy atom. The quantitative estimate of drug-likeness (QED) is 0.796. The summed E-state index contributed by atoms with van der Waals surface area (Å²) in [5, 5.41) is 3.31. The summed E-state index contributed by atoms with van der Waals surface area (Å²) in [6.45, 7) is 6.14. The Balaban J connectivity index is 2.45. The molecule has 0 saturated carbocycles. The lowest BCUT2D eigenvalue weighted by Gasteiger charge is -2.23. The summed E-state index contributed by atoms with van der Waals surface area (Å²) < 4.78 is 0. The molecular weight excluding hydrogens is 218 g/mol. The molecule has 1 aromatic heterocycles. The van der Waals surface area contributed by atoms with Gasteiger partial charge in [-0.05, 0) is 26.9 Å². The average Bonchev–Trinajstić information content (AvgIpc) is 2.66. The number of nitrogens with two attached hydrogens (primary N) is 1. The molecule has 1 rings (SSSR count). The van der Waals surface area contributed by atoms with Crippen LogP contribution in [0, 0.1) is 0 Å². The van der Waals surface area contributed by atoms with Crippen LogP contribution >= 0.6 is 11.3 Å². The van der Waals surface area contributed by atoms with Gasteiger partial charge in [0.25, 0.3) is 0 Å². The van der Waals surface area contributed by atoms with E-state index in [4.69, 9.17) is 5.73 Å². The summed E-state index contributed by atoms with van der Waals surface area (Å²) in [4.78, 5) is 6.95. The second-order valence-electron chi connectivity index (χ2n) is 4.32. The molecule has 0 aromatic carbocycles. The molecular formula is C12H23N3S. The van der Waals surface area contributed by atoms with Gasteiger partial charge in [-0.1, -0.05) is 13.3 Å². The Morgan fingerprint density at radius 1 is 1.56 bits per heavy atom. The molecule has 0 aliphatic heterocycles. The Kier molecular flexibility index (Phi) is 5.95. The Morgan fingerprint density at radius 3 is 2.94 bits per heavy atom. The molecule has 4 heteroatoms. The van der Waals surface area contributed by atoms with Crippen molar-refractivity contribution in [3.05, 3.63) is 16.1 Å². The molecule has 2 N–H and O–H groups in total. The van der Waals surface area contributed by atoms with Gasteiger partial charge in [0.2, 0.25) is 0 Å². The zero-order valence-corrected chi connectivity index (χ0v) is 11.4. The maximum absolute atomic E-state index is 5.52. The fourth-order valence-corrected chi connectivity index (χ4v) is 2.51. The molecule has 92 valence electrons. The molecule has 0 fully saturated rings. The minimum Gasteiger partial charge on any atom is -0.330 e. The van der Waals surface area contributed by atoms with Gasteiger partial charge in [0.15, 0.2) is 0 Å². The molecule has 0 radical (unpaired) electrons. The van der Waals surface area contributed by atoms with E-state index in [-0.39, 0.29) is 0 Å². The van der Waals surface area contributed by atoms with Gasteiger partial charge in [-0.15, -0.1) is 11.3 Å². The molecule has 0 aliphatic carbocycles. The van der Waals surface area contributed by atoms with E-state index < -0.39 is 0 Å². The molecule has 0 spiro atoms. The van der Waals surface area contributed by atoms with Crippen LogP contribution in [0.15, 0.2) is 5.38 Å². The van der Waals surface area contributed by atoms with Crippen molar-refractivity contribution >= 4 is 11.3 Å². The number of hydrogen-bond donors (Lipinski definition) is 1. The standard InChI is InChI=1S/C12H23N3S/c1-4-5-10(2)15(3)8-11-9-16-12(14-11)6-7-13/h9-10H,4-8,13H2,1-3H3. The third-order valence-corrected chi connectivity index (χ3v) is 3.79. The number of rotatable bonds is 7. The summed E-state index contributed by atoms with van der Waals surface area (Å²) in [6.07, 6.45) is 3.39. The van der Waals surface area contributed by atoms with E-state index in [1.165, 1.54) is 18.5 Å². The van der Waals surface area contributed by atoms with Crippen molar-refractivity contribution in [1.82, 2.24) is 9.88 Å². The van der Waals surface area contributed by atoms with Gasteiger partial charge in [-0.2, -0.15) is 0 Å². The van der Waals surface area contributed by atoms with E-state index in [9.17, 15) is 0 Å². The molecule has 1 atom stereocenters. The highest BCUT2D eigenvalue weighted by Gasteiger charge is 2.10. The normalized spacial score (nSPS) is 13.3. The highest BCUT2D eigenvalue weighted by molar-refractivity contribution is 7.09. The number of aromatic nitrogens is 1. The van der Waals surface area contributed by atoms with Gasteiger partial charge in [-0.3, -0.25) is 4.90 Å². The van der Waals surface area contributed by atoms with Crippen molar-refractivity contribution in [3.8, 4) is 0 Å². The van der Waals surface area contributed by atoms with E-state index in [0.29, 0.717) is 12.6 Å². The van der Waals surface area contributed by atoms with Crippen molar-refractivity contribution in [2.75, 3.05) is 13.6 Å². The van der Waals surface area contributed by atoms with E-state index in [2.05, 4.69) is 36.2 Å². The molecule has 1 unspecified atom stereocenters. The minimum absolute atomic E-state index is 0.629. The first-order chi connectivity index (χ1) is 7.67. The monoisotopic (exact) mass is 241 g/mol. The van der Waals surface area contributed by atoms with Crippen LogP contribution in [-0.4, -0.2) is 29.5 Å². The second-order valence-corrected chi connectivity index (χ2v) is 5.27. The van der Waals surface area contributed by atoms with Gasteiger partial charge in [0.1, 0.15) is 0 Å². The van der Waals surface area contributed by atoms with Crippen LogP contribution in [0.2, 0.25) is 0 Å². The van der Waals surface area contributed by atoms with E-state index in [0.717, 1.165) is 18.0 Å². The van der Waals surface area contributed by atoms with Gasteiger partial charge >= 0.3 is 0 Å². The van der Waals surface area contributed by atoms with Crippen LogP contribution in [0.5, 0.6) is 0 Å². The summed E-state index contributed by atoms with van der Waals surface area (Å²) in [5.41, 5.74) is 6.69. The Hall–Kier alpha value is -0.450. The molecule has 16 heavy (non-hydrogen) atoms. The topological polar surface area (TPSA) is 42.1 Å². The van der Waals surface area contributed by atoms with Crippen molar-refractivity contribution in [3.63, 3.8) is 0 Å². The van der Waals surface area contributed by atoms with Crippen molar-refractivity contribution < 1.29 is 0 Å². The summed E-state index contributed by atoms with van der Waals surface area (Å²) >= 11 is 1.72. The Labute approximate surface area is 103 Å². The fourth-order valence-electron chi connectivity index (χ4n) is 1.71. The molecule has 3 nitrogen and oxygen atoms in total. The van der Waals surface area contributed by atoms with Gasteiger partial charge in [0.05, 0.1) is 10.7 Å². The predicted octanol–water partition coefficient (Wildman–Crippen LogP) is 2.26. The average molecular weight is 241 g/mol. The minimum atomic E-state index is 0.629. The van der Waals surface area contributed by atoms with Gasteiger partial charge in [0, 0.05) is 24.4 Å². The maximum atomic E-state index is 5.52. The van der Waals surface area contributed by atoms with Gasteiger partial charge in [-0.25, -0.2) is 4.98 Å². The van der Waals surface area contributed by atoms with E-state index in [1.54, 1.807) is 11.3 Å². The van der Waals surface area contributed by atoms with Crippen molar-refractivity contribution in [1.29, 1.82) is 0 Å². The van der Waals surface area contributed by atoms with Crippen LogP contribution in [0.1, 0.15) is 37.4 Å². The van der Waals surface area contributed by atoms with Crippen LogP contribution in [0.3, 0.4) is 0 Å². The molecule has 0 bridgehead atoms. The maximum Gasteiger partial charge on any atom is 0.0941 e. The van der Waals surface area contributed by atoms with Crippen LogP contribution < -0.4 is 5.73 Å². The number of hydrogen-bond acceptors (Lipinski definition) is 4. The summed E-state index contributed by atoms with van der Waals surface area (Å²) in [5.74, 6) is 0. The second kappa shape index (κ2) is 6.99. The van der Waals surface area contributed by atoms with E-state index in [1.807, 2.05) is 0 Å². The van der Waals surface area contributed by atoms with Crippen LogP contribution in [0.25, 0.3) is 0 Å². The fraction of sp³-hybridized carbons (Fsp3) is 0.750. The smallest absolute Gasteiger partial charge is 0.0941 e. The summed E-state index contributed by atoms with van der Waals surface area (Å²) in [6, 6.07) is 0.629. The highest BCUT2D eigenvalue weighted by Crippen LogP contribution is 2.14. The predicted molar refractivity (Wildman–Crippen MR) is 70.7 cm³/mol. The zero-order valence-electron chi connectivity index (χ0n) is 10.6. The largest absolute Gasteiger partial charge is 0.330 e. The lowest BCUT2D eigenvalue weighted by atomic mass is 10.2. The zero-order chi connectivity index (χ0) is 12.0. The first kappa shape index (κ1) is 13.6. The lowest BCUT2D eigenvalue weighted by molar-refractivity contribution is 0.234. The van der Waals surface area contributed by atoms with Crippen LogP contribution in [-0.2, 0) is 13.0 Å². The first-order valence-electron chi connectivity index (χ1n) is 6.01. The number of thiazole rings is 1. The lowest BCUT2D eigenvalue weighted by Crippen LogP contribution is -2.28. The number of nitrogens with zero attached hydrogens (tertiary/aromatic N) is 2. The molecule has 0 amide bonds. The van der Waals surface area contributed by atoms with Crippen molar-refractivity contribution in [2.24, 2.45) is 5.73 Å². The molecule has 1 aromatic rings. The molecule has 0 aliphatic rings. The molecule has 1 heterocycles. The summed E-state index contributed by atoms with van der Waals surface area (Å²) in [7, 11) is 2.17. The van der Waals surface area contributed by atoms with E-state index >= 15 is 0 Å². The molecule has 0 saturated heterocycles. The first-order valence-corrected chi connectivity index (χ1v) is 6.89. The van der Waals surface area contributed by atoms with Crippen LogP contribution in [0.4, 0.5) is 0 Å². The highest BCUT2D eigenvalue weighted by atomic mass is 32.1.